The van der Waals surface area contributed by atoms with Crippen LogP contribution in [-0.4, -0.2) is 64.5 Å². The molecule has 0 amide bonds. The van der Waals surface area contributed by atoms with Gasteiger partial charge in [0, 0.05) is 50.4 Å². The Hall–Kier alpha value is -2.93. The fourth-order valence-corrected chi connectivity index (χ4v) is 3.89. The van der Waals surface area contributed by atoms with Crippen LogP contribution in [0.2, 0.25) is 0 Å². The molecule has 2 aromatic carbocycles. The third-order valence-electron chi connectivity index (χ3n) is 5.55. The lowest BCUT2D eigenvalue weighted by Crippen LogP contribution is -2.46. The van der Waals surface area contributed by atoms with Crippen molar-refractivity contribution in [2.75, 3.05) is 58.5 Å². The van der Waals surface area contributed by atoms with E-state index in [0.29, 0.717) is 43.3 Å². The summed E-state index contributed by atoms with van der Waals surface area (Å²) in [6.45, 7) is 7.25. The highest BCUT2D eigenvalue weighted by molar-refractivity contribution is 5.69. The SMILES string of the molecule is CCOC(=O)CCCOc1c(CN2CCN(c3ccccc3)CC2)ccc(OC)c1OC. The molecule has 0 saturated carbocycles. The highest BCUT2D eigenvalue weighted by Gasteiger charge is 2.22. The van der Waals surface area contributed by atoms with Gasteiger partial charge in [-0.15, -0.1) is 0 Å². The summed E-state index contributed by atoms with van der Waals surface area (Å²) in [5.74, 6) is 1.70. The van der Waals surface area contributed by atoms with Gasteiger partial charge in [0.25, 0.3) is 0 Å². The van der Waals surface area contributed by atoms with E-state index in [1.165, 1.54) is 5.69 Å². The van der Waals surface area contributed by atoms with E-state index >= 15 is 0 Å². The number of hydrogen-bond donors (Lipinski definition) is 0. The molecule has 7 heteroatoms. The van der Waals surface area contributed by atoms with Crippen LogP contribution < -0.4 is 19.1 Å². The van der Waals surface area contributed by atoms with Gasteiger partial charge in [0.1, 0.15) is 0 Å². The van der Waals surface area contributed by atoms with Crippen LogP contribution in [0.4, 0.5) is 5.69 Å². The molecule has 1 aliphatic rings. The molecule has 0 bridgehead atoms. The number of anilines is 1. The molecule has 0 unspecified atom stereocenters. The van der Waals surface area contributed by atoms with E-state index in [9.17, 15) is 4.79 Å². The van der Waals surface area contributed by atoms with E-state index in [1.54, 1.807) is 21.1 Å². The number of benzene rings is 2. The molecular weight excluding hydrogens is 408 g/mol. The topological polar surface area (TPSA) is 60.5 Å². The minimum Gasteiger partial charge on any atom is -0.493 e. The van der Waals surface area contributed by atoms with Crippen LogP contribution in [0.5, 0.6) is 17.2 Å². The van der Waals surface area contributed by atoms with Crippen molar-refractivity contribution in [3.63, 3.8) is 0 Å². The highest BCUT2D eigenvalue weighted by Crippen LogP contribution is 2.40. The van der Waals surface area contributed by atoms with E-state index in [-0.39, 0.29) is 5.97 Å². The summed E-state index contributed by atoms with van der Waals surface area (Å²) in [5.41, 5.74) is 2.32. The number of hydrogen-bond acceptors (Lipinski definition) is 7. The number of carbonyl (C=O) groups is 1. The van der Waals surface area contributed by atoms with Crippen LogP contribution in [0.15, 0.2) is 42.5 Å². The molecule has 0 radical (unpaired) electrons. The second-order valence-corrected chi connectivity index (χ2v) is 7.65. The van der Waals surface area contributed by atoms with Crippen molar-refractivity contribution >= 4 is 11.7 Å². The van der Waals surface area contributed by atoms with Crippen LogP contribution in [0.1, 0.15) is 25.3 Å². The van der Waals surface area contributed by atoms with Crippen LogP contribution in [-0.2, 0) is 16.1 Å². The van der Waals surface area contributed by atoms with Crippen LogP contribution in [0.3, 0.4) is 0 Å². The minimum atomic E-state index is -0.204. The van der Waals surface area contributed by atoms with Gasteiger partial charge in [-0.25, -0.2) is 0 Å². The Morgan fingerprint density at radius 2 is 1.69 bits per heavy atom. The predicted molar refractivity (Wildman–Crippen MR) is 125 cm³/mol. The maximum Gasteiger partial charge on any atom is 0.305 e. The predicted octanol–water partition coefficient (Wildman–Crippen LogP) is 3.75. The van der Waals surface area contributed by atoms with Gasteiger partial charge < -0.3 is 23.8 Å². The van der Waals surface area contributed by atoms with Gasteiger partial charge in [-0.1, -0.05) is 24.3 Å². The average molecular weight is 443 g/mol. The van der Waals surface area contributed by atoms with Crippen molar-refractivity contribution in [3.8, 4) is 17.2 Å². The minimum absolute atomic E-state index is 0.204. The molecule has 0 atom stereocenters. The first-order valence-corrected chi connectivity index (χ1v) is 11.2. The summed E-state index contributed by atoms with van der Waals surface area (Å²) in [6, 6.07) is 14.5. The summed E-state index contributed by atoms with van der Waals surface area (Å²) < 4.78 is 22.2. The molecule has 1 heterocycles. The molecule has 0 spiro atoms. The first kappa shape index (κ1) is 23.7. The quantitative estimate of drug-likeness (QED) is 0.388. The fourth-order valence-electron chi connectivity index (χ4n) is 3.89. The average Bonchev–Trinajstić information content (AvgIpc) is 2.83. The van der Waals surface area contributed by atoms with Crippen molar-refractivity contribution in [2.45, 2.75) is 26.3 Å². The molecule has 0 aliphatic carbocycles. The van der Waals surface area contributed by atoms with E-state index in [0.717, 1.165) is 38.3 Å². The normalized spacial score (nSPS) is 14.2. The maximum absolute atomic E-state index is 11.6. The van der Waals surface area contributed by atoms with Gasteiger partial charge in [0.2, 0.25) is 5.75 Å². The van der Waals surface area contributed by atoms with Crippen molar-refractivity contribution in [3.05, 3.63) is 48.0 Å². The maximum atomic E-state index is 11.6. The van der Waals surface area contributed by atoms with Crippen LogP contribution in [0, 0.1) is 0 Å². The van der Waals surface area contributed by atoms with Gasteiger partial charge in [-0.05, 0) is 31.5 Å². The molecule has 32 heavy (non-hydrogen) atoms. The summed E-state index contributed by atoms with van der Waals surface area (Å²) in [5, 5.41) is 0. The molecule has 1 aliphatic heterocycles. The standard InChI is InChI=1S/C25H34N2O5/c1-4-31-23(28)11-8-18-32-24-20(12-13-22(29-2)25(24)30-3)19-26-14-16-27(17-15-26)21-9-6-5-7-10-21/h5-7,9-10,12-13H,4,8,11,14-19H2,1-3H3. The Morgan fingerprint density at radius 1 is 0.938 bits per heavy atom. The second-order valence-electron chi connectivity index (χ2n) is 7.65. The number of nitrogens with zero attached hydrogens (tertiary/aromatic N) is 2. The first-order chi connectivity index (χ1) is 15.7. The lowest BCUT2D eigenvalue weighted by molar-refractivity contribution is -0.143. The van der Waals surface area contributed by atoms with E-state index in [2.05, 4.69) is 34.1 Å². The third kappa shape index (κ3) is 6.29. The summed E-state index contributed by atoms with van der Waals surface area (Å²) in [7, 11) is 3.23. The Bertz CT molecular complexity index is 851. The van der Waals surface area contributed by atoms with Crippen molar-refractivity contribution in [1.29, 1.82) is 0 Å². The van der Waals surface area contributed by atoms with Gasteiger partial charge >= 0.3 is 5.97 Å². The summed E-state index contributed by atoms with van der Waals surface area (Å²) in [6.07, 6.45) is 0.908. The molecule has 7 nitrogen and oxygen atoms in total. The molecule has 1 saturated heterocycles. The number of esters is 1. The highest BCUT2D eigenvalue weighted by atomic mass is 16.5. The van der Waals surface area contributed by atoms with Crippen molar-refractivity contribution in [1.82, 2.24) is 4.90 Å². The zero-order valence-corrected chi connectivity index (χ0v) is 19.3. The van der Waals surface area contributed by atoms with Crippen molar-refractivity contribution < 1.29 is 23.7 Å². The molecule has 1 fully saturated rings. The van der Waals surface area contributed by atoms with Gasteiger partial charge in [0.05, 0.1) is 27.4 Å². The zero-order valence-electron chi connectivity index (χ0n) is 19.3. The van der Waals surface area contributed by atoms with Gasteiger partial charge in [0.15, 0.2) is 11.5 Å². The van der Waals surface area contributed by atoms with E-state index in [4.69, 9.17) is 18.9 Å². The lowest BCUT2D eigenvalue weighted by atomic mass is 10.1. The third-order valence-corrected chi connectivity index (χ3v) is 5.55. The van der Waals surface area contributed by atoms with E-state index < -0.39 is 0 Å². The molecule has 3 rings (SSSR count). The number of carbonyl (C=O) groups excluding carboxylic acids is 1. The van der Waals surface area contributed by atoms with Crippen molar-refractivity contribution in [2.24, 2.45) is 0 Å². The fraction of sp³-hybridized carbons (Fsp3) is 0.480. The molecular formula is C25H34N2O5. The van der Waals surface area contributed by atoms with Crippen LogP contribution >= 0.6 is 0 Å². The van der Waals surface area contributed by atoms with Crippen LogP contribution in [0.25, 0.3) is 0 Å². The Labute approximate surface area is 190 Å². The summed E-state index contributed by atoms with van der Waals surface area (Å²) >= 11 is 0. The zero-order chi connectivity index (χ0) is 22.8. The molecule has 0 N–H and O–H groups in total. The second kappa shape index (κ2) is 12.2. The first-order valence-electron chi connectivity index (χ1n) is 11.2. The molecule has 2 aromatic rings. The number of rotatable bonds is 11. The number of para-hydroxylation sites is 1. The molecule has 174 valence electrons. The summed E-state index contributed by atoms with van der Waals surface area (Å²) in [4.78, 5) is 16.4. The lowest BCUT2D eigenvalue weighted by Gasteiger charge is -2.36. The van der Waals surface area contributed by atoms with E-state index in [1.807, 2.05) is 18.2 Å². The molecule has 0 aromatic heterocycles. The largest absolute Gasteiger partial charge is 0.493 e. The van der Waals surface area contributed by atoms with Gasteiger partial charge in [-0.3, -0.25) is 9.69 Å². The Kier molecular flexibility index (Phi) is 9.04. The Morgan fingerprint density at radius 3 is 2.34 bits per heavy atom. The number of ether oxygens (including phenoxy) is 4. The Balaban J connectivity index is 1.64. The van der Waals surface area contributed by atoms with Gasteiger partial charge in [-0.2, -0.15) is 0 Å². The smallest absolute Gasteiger partial charge is 0.305 e. The monoisotopic (exact) mass is 442 g/mol. The number of methoxy groups -OCH3 is 2. The number of piperazine rings is 1.